The topological polar surface area (TPSA) is 72.6 Å². The minimum Gasteiger partial charge on any atom is -0.469 e. The van der Waals surface area contributed by atoms with E-state index in [-0.39, 0.29) is 18.2 Å². The number of furan rings is 1. The highest BCUT2D eigenvalue weighted by molar-refractivity contribution is 7.09. The molecule has 1 saturated heterocycles. The number of ether oxygens (including phenoxy) is 1. The molecule has 0 saturated carbocycles. The molecule has 0 aromatic carbocycles. The van der Waals surface area contributed by atoms with Crippen LogP contribution in [0.25, 0.3) is 0 Å². The van der Waals surface area contributed by atoms with Crippen LogP contribution in [0.4, 0.5) is 0 Å². The van der Waals surface area contributed by atoms with Crippen LogP contribution in [-0.2, 0) is 16.0 Å². The summed E-state index contributed by atoms with van der Waals surface area (Å²) in [6, 6.07) is 1.62. The van der Waals surface area contributed by atoms with Gasteiger partial charge in [-0.2, -0.15) is 0 Å². The highest BCUT2D eigenvalue weighted by atomic mass is 32.1. The van der Waals surface area contributed by atoms with Crippen molar-refractivity contribution in [1.29, 1.82) is 0 Å². The maximum absolute atomic E-state index is 12.8. The lowest BCUT2D eigenvalue weighted by Gasteiger charge is -2.31. The van der Waals surface area contributed by atoms with Gasteiger partial charge in [-0.15, -0.1) is 11.3 Å². The van der Waals surface area contributed by atoms with Gasteiger partial charge in [0.15, 0.2) is 0 Å². The molecule has 1 aliphatic rings. The van der Waals surface area contributed by atoms with E-state index < -0.39 is 5.97 Å². The molecule has 0 radical (unpaired) electrons. The van der Waals surface area contributed by atoms with E-state index in [0.717, 1.165) is 17.8 Å². The SMILES string of the molecule is COC(=O)Cc1occc1C(=O)N1CCC[C@H](c2nccs2)C1. The summed E-state index contributed by atoms with van der Waals surface area (Å²) in [6.45, 7) is 1.36. The van der Waals surface area contributed by atoms with E-state index in [0.29, 0.717) is 24.4 Å². The largest absolute Gasteiger partial charge is 0.469 e. The van der Waals surface area contributed by atoms with Crippen LogP contribution in [0.15, 0.2) is 28.3 Å². The average molecular weight is 334 g/mol. The molecule has 0 aliphatic carbocycles. The van der Waals surface area contributed by atoms with Crippen LogP contribution in [0.2, 0.25) is 0 Å². The molecule has 2 aromatic rings. The third kappa shape index (κ3) is 3.44. The van der Waals surface area contributed by atoms with Gasteiger partial charge in [0.2, 0.25) is 0 Å². The molecule has 1 fully saturated rings. The van der Waals surface area contributed by atoms with Gasteiger partial charge < -0.3 is 14.1 Å². The molecule has 1 atom stereocenters. The minimum absolute atomic E-state index is 0.0334. The first-order chi connectivity index (χ1) is 11.2. The summed E-state index contributed by atoms with van der Waals surface area (Å²) in [6.07, 6.45) is 5.19. The van der Waals surface area contributed by atoms with Gasteiger partial charge in [-0.1, -0.05) is 0 Å². The smallest absolute Gasteiger partial charge is 0.313 e. The second kappa shape index (κ2) is 6.95. The predicted octanol–water partition coefficient (Wildman–Crippen LogP) is 2.47. The standard InChI is InChI=1S/C16H18N2O4S/c1-21-14(19)9-13-12(4-7-22-13)16(20)18-6-2-3-11(10-18)15-17-5-8-23-15/h4-5,7-8,11H,2-3,6,9-10H2,1H3/t11-/m0/s1. The minimum atomic E-state index is -0.423. The fourth-order valence-electron chi connectivity index (χ4n) is 2.84. The van der Waals surface area contributed by atoms with Gasteiger partial charge >= 0.3 is 5.97 Å². The Bertz CT molecular complexity index is 680. The lowest BCUT2D eigenvalue weighted by Crippen LogP contribution is -2.39. The number of nitrogens with zero attached hydrogens (tertiary/aromatic N) is 2. The number of thiazole rings is 1. The summed E-state index contributed by atoms with van der Waals surface area (Å²) in [5, 5.41) is 3.03. The Balaban J connectivity index is 1.73. The third-order valence-electron chi connectivity index (χ3n) is 4.02. The summed E-state index contributed by atoms with van der Waals surface area (Å²) < 4.78 is 9.93. The number of esters is 1. The second-order valence-electron chi connectivity index (χ2n) is 5.47. The molecular formula is C16H18N2O4S. The van der Waals surface area contributed by atoms with Crippen molar-refractivity contribution < 1.29 is 18.7 Å². The average Bonchev–Trinajstić information content (AvgIpc) is 3.26. The fraction of sp³-hybridized carbons (Fsp3) is 0.438. The van der Waals surface area contributed by atoms with Gasteiger partial charge in [-0.3, -0.25) is 9.59 Å². The molecule has 6 nitrogen and oxygen atoms in total. The Morgan fingerprint density at radius 2 is 2.39 bits per heavy atom. The molecular weight excluding hydrogens is 316 g/mol. The molecule has 2 aromatic heterocycles. The molecule has 0 spiro atoms. The quantitative estimate of drug-likeness (QED) is 0.803. The number of hydrogen-bond acceptors (Lipinski definition) is 6. The highest BCUT2D eigenvalue weighted by Crippen LogP contribution is 2.29. The number of methoxy groups -OCH3 is 1. The summed E-state index contributed by atoms with van der Waals surface area (Å²) in [5.74, 6) is 0.120. The summed E-state index contributed by atoms with van der Waals surface area (Å²) >= 11 is 1.63. The molecule has 122 valence electrons. The van der Waals surface area contributed by atoms with E-state index in [9.17, 15) is 9.59 Å². The zero-order chi connectivity index (χ0) is 16.2. The molecule has 23 heavy (non-hydrogen) atoms. The van der Waals surface area contributed by atoms with Crippen molar-refractivity contribution in [3.63, 3.8) is 0 Å². The van der Waals surface area contributed by atoms with E-state index >= 15 is 0 Å². The number of likely N-dealkylation sites (tertiary alicyclic amines) is 1. The van der Waals surface area contributed by atoms with Crippen molar-refractivity contribution in [3.8, 4) is 0 Å². The van der Waals surface area contributed by atoms with Crippen LogP contribution in [0.1, 0.15) is 39.9 Å². The van der Waals surface area contributed by atoms with Crippen molar-refractivity contribution in [2.24, 2.45) is 0 Å². The number of rotatable bonds is 4. The van der Waals surface area contributed by atoms with Crippen LogP contribution in [0.5, 0.6) is 0 Å². The van der Waals surface area contributed by atoms with Crippen molar-refractivity contribution >= 4 is 23.2 Å². The Labute approximate surface area is 138 Å². The molecule has 1 aliphatic heterocycles. The lowest BCUT2D eigenvalue weighted by molar-refractivity contribution is -0.140. The number of amides is 1. The molecule has 7 heteroatoms. The van der Waals surface area contributed by atoms with Crippen LogP contribution in [-0.4, -0.2) is 42.0 Å². The number of hydrogen-bond donors (Lipinski definition) is 0. The number of piperidine rings is 1. The Kier molecular flexibility index (Phi) is 4.76. The monoisotopic (exact) mass is 334 g/mol. The molecule has 3 heterocycles. The normalized spacial score (nSPS) is 18.0. The third-order valence-corrected chi connectivity index (χ3v) is 4.96. The van der Waals surface area contributed by atoms with Gasteiger partial charge in [-0.05, 0) is 18.9 Å². The maximum atomic E-state index is 12.8. The second-order valence-corrected chi connectivity index (χ2v) is 6.40. The highest BCUT2D eigenvalue weighted by Gasteiger charge is 2.29. The number of carbonyl (C=O) groups excluding carboxylic acids is 2. The van der Waals surface area contributed by atoms with Crippen LogP contribution < -0.4 is 0 Å². The fourth-order valence-corrected chi connectivity index (χ4v) is 3.61. The zero-order valence-electron chi connectivity index (χ0n) is 12.9. The van der Waals surface area contributed by atoms with Crippen LogP contribution >= 0.6 is 11.3 Å². The van der Waals surface area contributed by atoms with Gasteiger partial charge in [0.1, 0.15) is 12.2 Å². The predicted molar refractivity (Wildman–Crippen MR) is 84.4 cm³/mol. The first-order valence-electron chi connectivity index (χ1n) is 7.51. The van der Waals surface area contributed by atoms with Crippen LogP contribution in [0.3, 0.4) is 0 Å². The van der Waals surface area contributed by atoms with Gasteiger partial charge in [0.05, 0.1) is 23.9 Å². The number of carbonyl (C=O) groups is 2. The van der Waals surface area contributed by atoms with E-state index in [1.807, 2.05) is 10.3 Å². The van der Waals surface area contributed by atoms with Gasteiger partial charge in [0.25, 0.3) is 5.91 Å². The van der Waals surface area contributed by atoms with Gasteiger partial charge in [0, 0.05) is 30.6 Å². The molecule has 1 amide bonds. The lowest BCUT2D eigenvalue weighted by atomic mass is 9.98. The summed E-state index contributed by atoms with van der Waals surface area (Å²) in [7, 11) is 1.32. The number of aromatic nitrogens is 1. The van der Waals surface area contributed by atoms with Crippen LogP contribution in [0, 0.1) is 0 Å². The van der Waals surface area contributed by atoms with E-state index in [1.165, 1.54) is 13.4 Å². The Morgan fingerprint density at radius 1 is 1.52 bits per heavy atom. The van der Waals surface area contributed by atoms with Gasteiger partial charge in [-0.25, -0.2) is 4.98 Å². The summed E-state index contributed by atoms with van der Waals surface area (Å²) in [4.78, 5) is 30.4. The van der Waals surface area contributed by atoms with E-state index in [2.05, 4.69) is 9.72 Å². The zero-order valence-corrected chi connectivity index (χ0v) is 13.7. The molecule has 0 unspecified atom stereocenters. The molecule has 0 bridgehead atoms. The first kappa shape index (κ1) is 15.7. The first-order valence-corrected chi connectivity index (χ1v) is 8.39. The van der Waals surface area contributed by atoms with Crippen molar-refractivity contribution in [2.45, 2.75) is 25.2 Å². The van der Waals surface area contributed by atoms with Crippen molar-refractivity contribution in [2.75, 3.05) is 20.2 Å². The van der Waals surface area contributed by atoms with E-state index in [4.69, 9.17) is 4.42 Å². The van der Waals surface area contributed by atoms with Crippen molar-refractivity contribution in [1.82, 2.24) is 9.88 Å². The summed E-state index contributed by atoms with van der Waals surface area (Å²) in [5.41, 5.74) is 0.440. The Morgan fingerprint density at radius 3 is 3.13 bits per heavy atom. The van der Waals surface area contributed by atoms with Crippen molar-refractivity contribution in [3.05, 3.63) is 40.2 Å². The van der Waals surface area contributed by atoms with E-state index in [1.54, 1.807) is 23.6 Å². The molecule has 3 rings (SSSR count). The maximum Gasteiger partial charge on any atom is 0.313 e. The molecule has 0 N–H and O–H groups in total. The Hall–Kier alpha value is -2.15.